The Balaban J connectivity index is 2.77. The van der Waals surface area contributed by atoms with Gasteiger partial charge in [0, 0.05) is 20.6 Å². The number of benzene rings is 1. The summed E-state index contributed by atoms with van der Waals surface area (Å²) in [5.74, 6) is -0.515. The van der Waals surface area contributed by atoms with E-state index in [4.69, 9.17) is 0 Å². The van der Waals surface area contributed by atoms with Crippen LogP contribution in [-0.2, 0) is 6.54 Å². The van der Waals surface area contributed by atoms with Gasteiger partial charge in [0.1, 0.15) is 17.3 Å². The summed E-state index contributed by atoms with van der Waals surface area (Å²) in [7, 11) is 3.25. The molecular weight excluding hydrogens is 222 g/mol. The third kappa shape index (κ3) is 3.97. The molecule has 0 atom stereocenters. The van der Waals surface area contributed by atoms with Gasteiger partial charge in [-0.2, -0.15) is 0 Å². The minimum atomic E-state index is -0.517. The first-order valence-electron chi connectivity index (χ1n) is 5.77. The van der Waals surface area contributed by atoms with E-state index in [0.717, 1.165) is 6.54 Å². The molecule has 0 aliphatic carbocycles. The molecule has 0 aliphatic rings. The van der Waals surface area contributed by atoms with Crippen molar-refractivity contribution in [3.8, 4) is 0 Å². The lowest BCUT2D eigenvalue weighted by Gasteiger charge is -2.16. The Hall–Kier alpha value is -1.16. The van der Waals surface area contributed by atoms with Crippen LogP contribution in [0.25, 0.3) is 0 Å². The van der Waals surface area contributed by atoms with Crippen molar-refractivity contribution in [2.75, 3.05) is 25.5 Å². The number of nitrogens with one attached hydrogen (secondary N) is 1. The lowest BCUT2D eigenvalue weighted by Crippen LogP contribution is -2.20. The predicted molar refractivity (Wildman–Crippen MR) is 67.2 cm³/mol. The van der Waals surface area contributed by atoms with Gasteiger partial charge >= 0.3 is 0 Å². The molecule has 0 radical (unpaired) electrons. The standard InChI is InChI=1S/C13H20F2N2/c1-9(2)7-16-8-10-5-11(14)13(17(3)4)12(15)6-10/h5-6,9,16H,7-8H2,1-4H3. The summed E-state index contributed by atoms with van der Waals surface area (Å²) < 4.78 is 27.3. The number of hydrogen-bond acceptors (Lipinski definition) is 2. The van der Waals surface area contributed by atoms with E-state index in [1.165, 1.54) is 17.0 Å². The molecule has 0 amide bonds. The van der Waals surface area contributed by atoms with Gasteiger partial charge in [-0.1, -0.05) is 13.8 Å². The van der Waals surface area contributed by atoms with Crippen molar-refractivity contribution >= 4 is 5.69 Å². The average Bonchev–Trinajstić information content (AvgIpc) is 2.14. The second kappa shape index (κ2) is 5.96. The Morgan fingerprint density at radius 1 is 1.18 bits per heavy atom. The molecule has 0 unspecified atom stereocenters. The number of rotatable bonds is 5. The first kappa shape index (κ1) is 13.9. The molecule has 1 aromatic rings. The van der Waals surface area contributed by atoms with Crippen molar-refractivity contribution in [3.05, 3.63) is 29.3 Å². The highest BCUT2D eigenvalue weighted by Gasteiger charge is 2.12. The SMILES string of the molecule is CC(C)CNCc1cc(F)c(N(C)C)c(F)c1. The van der Waals surface area contributed by atoms with Gasteiger partial charge in [0.25, 0.3) is 0 Å². The fourth-order valence-electron chi connectivity index (χ4n) is 1.65. The van der Waals surface area contributed by atoms with Crippen molar-refractivity contribution < 1.29 is 8.78 Å². The van der Waals surface area contributed by atoms with E-state index in [-0.39, 0.29) is 5.69 Å². The maximum absolute atomic E-state index is 13.6. The zero-order valence-electron chi connectivity index (χ0n) is 10.8. The van der Waals surface area contributed by atoms with Crippen LogP contribution in [0, 0.1) is 17.6 Å². The van der Waals surface area contributed by atoms with E-state index < -0.39 is 11.6 Å². The summed E-state index contributed by atoms with van der Waals surface area (Å²) in [6.07, 6.45) is 0. The van der Waals surface area contributed by atoms with E-state index in [2.05, 4.69) is 19.2 Å². The van der Waals surface area contributed by atoms with Crippen LogP contribution in [0.4, 0.5) is 14.5 Å². The average molecular weight is 242 g/mol. The Morgan fingerprint density at radius 2 is 1.71 bits per heavy atom. The number of anilines is 1. The van der Waals surface area contributed by atoms with Gasteiger partial charge in [-0.3, -0.25) is 0 Å². The van der Waals surface area contributed by atoms with Crippen molar-refractivity contribution in [3.63, 3.8) is 0 Å². The summed E-state index contributed by atoms with van der Waals surface area (Å²) in [5, 5.41) is 3.16. The molecule has 0 bridgehead atoms. The highest BCUT2D eigenvalue weighted by atomic mass is 19.1. The highest BCUT2D eigenvalue weighted by molar-refractivity contribution is 5.49. The lowest BCUT2D eigenvalue weighted by atomic mass is 10.1. The van der Waals surface area contributed by atoms with Crippen LogP contribution in [-0.4, -0.2) is 20.6 Å². The Bertz CT molecular complexity index is 353. The summed E-state index contributed by atoms with van der Waals surface area (Å²) in [6, 6.07) is 2.76. The van der Waals surface area contributed by atoms with Crippen LogP contribution in [0.1, 0.15) is 19.4 Å². The third-order valence-corrected chi connectivity index (χ3v) is 2.41. The van der Waals surface area contributed by atoms with Gasteiger partial charge in [0.15, 0.2) is 0 Å². The van der Waals surface area contributed by atoms with Crippen molar-refractivity contribution in [1.29, 1.82) is 0 Å². The lowest BCUT2D eigenvalue weighted by molar-refractivity contribution is 0.543. The van der Waals surface area contributed by atoms with Crippen molar-refractivity contribution in [1.82, 2.24) is 5.32 Å². The van der Waals surface area contributed by atoms with Crippen LogP contribution in [0.15, 0.2) is 12.1 Å². The molecule has 0 aromatic heterocycles. The minimum absolute atomic E-state index is 0.0117. The summed E-state index contributed by atoms with van der Waals surface area (Å²) in [4.78, 5) is 1.44. The van der Waals surface area contributed by atoms with Gasteiger partial charge in [-0.15, -0.1) is 0 Å². The predicted octanol–water partition coefficient (Wildman–Crippen LogP) is 2.78. The third-order valence-electron chi connectivity index (χ3n) is 2.41. The van der Waals surface area contributed by atoms with E-state index in [9.17, 15) is 8.78 Å². The maximum atomic E-state index is 13.6. The van der Waals surface area contributed by atoms with Crippen molar-refractivity contribution in [2.45, 2.75) is 20.4 Å². The number of halogens is 2. The molecule has 1 N–H and O–H groups in total. The summed E-state index contributed by atoms with van der Waals surface area (Å²) >= 11 is 0. The molecule has 17 heavy (non-hydrogen) atoms. The Morgan fingerprint density at radius 3 is 2.12 bits per heavy atom. The normalized spacial score (nSPS) is 11.0. The van der Waals surface area contributed by atoms with Crippen LogP contribution in [0.2, 0.25) is 0 Å². The molecular formula is C13H20F2N2. The van der Waals surface area contributed by atoms with Gasteiger partial charge in [-0.25, -0.2) is 8.78 Å². The van der Waals surface area contributed by atoms with E-state index in [1.54, 1.807) is 14.1 Å². The van der Waals surface area contributed by atoms with Crippen LogP contribution in [0.3, 0.4) is 0 Å². The quantitative estimate of drug-likeness (QED) is 0.854. The van der Waals surface area contributed by atoms with Gasteiger partial charge in [0.2, 0.25) is 0 Å². The van der Waals surface area contributed by atoms with Gasteiger partial charge in [-0.05, 0) is 30.2 Å². The van der Waals surface area contributed by atoms with Crippen LogP contribution < -0.4 is 10.2 Å². The molecule has 1 aromatic carbocycles. The second-order valence-electron chi connectivity index (χ2n) is 4.83. The van der Waals surface area contributed by atoms with E-state index in [0.29, 0.717) is 18.0 Å². The molecule has 1 rings (SSSR count). The first-order chi connectivity index (χ1) is 7.91. The van der Waals surface area contributed by atoms with Crippen LogP contribution in [0.5, 0.6) is 0 Å². The van der Waals surface area contributed by atoms with E-state index >= 15 is 0 Å². The first-order valence-corrected chi connectivity index (χ1v) is 5.77. The molecule has 0 saturated carbocycles. The maximum Gasteiger partial charge on any atom is 0.149 e. The zero-order chi connectivity index (χ0) is 13.0. The van der Waals surface area contributed by atoms with E-state index in [1.807, 2.05) is 0 Å². The Kier molecular flexibility index (Phi) is 4.87. The monoisotopic (exact) mass is 242 g/mol. The van der Waals surface area contributed by atoms with Gasteiger partial charge < -0.3 is 10.2 Å². The topological polar surface area (TPSA) is 15.3 Å². The summed E-state index contributed by atoms with van der Waals surface area (Å²) in [6.45, 7) is 5.49. The zero-order valence-corrected chi connectivity index (χ0v) is 10.8. The summed E-state index contributed by atoms with van der Waals surface area (Å²) in [5.41, 5.74) is 0.642. The number of nitrogens with zero attached hydrogens (tertiary/aromatic N) is 1. The molecule has 0 heterocycles. The highest BCUT2D eigenvalue weighted by Crippen LogP contribution is 2.23. The molecule has 0 fully saturated rings. The largest absolute Gasteiger partial charge is 0.373 e. The second-order valence-corrected chi connectivity index (χ2v) is 4.83. The van der Waals surface area contributed by atoms with Crippen molar-refractivity contribution in [2.24, 2.45) is 5.92 Å². The fraction of sp³-hybridized carbons (Fsp3) is 0.538. The number of hydrogen-bond donors (Lipinski definition) is 1. The minimum Gasteiger partial charge on any atom is -0.373 e. The van der Waals surface area contributed by atoms with Gasteiger partial charge in [0.05, 0.1) is 0 Å². The smallest absolute Gasteiger partial charge is 0.149 e. The molecule has 0 aliphatic heterocycles. The fourth-order valence-corrected chi connectivity index (χ4v) is 1.65. The molecule has 0 saturated heterocycles. The molecule has 2 nitrogen and oxygen atoms in total. The molecule has 96 valence electrons. The van der Waals surface area contributed by atoms with Crippen LogP contribution >= 0.6 is 0 Å². The molecule has 4 heteroatoms. The molecule has 0 spiro atoms. The Labute approximate surface area is 102 Å².